The predicted octanol–water partition coefficient (Wildman–Crippen LogP) is 4.97. The molecular formula is C27H18N6OS. The van der Waals surface area contributed by atoms with E-state index in [4.69, 9.17) is 9.97 Å². The molecule has 1 N–H and O–H groups in total. The van der Waals surface area contributed by atoms with Crippen molar-refractivity contribution in [1.29, 1.82) is 0 Å². The second-order valence-corrected chi connectivity index (χ2v) is 9.31. The van der Waals surface area contributed by atoms with Crippen LogP contribution in [0.3, 0.4) is 0 Å². The number of hydrogen-bond donors (Lipinski definition) is 1. The largest absolute Gasteiger partial charge is 0.341 e. The normalized spacial score (nSPS) is 12.8. The van der Waals surface area contributed by atoms with E-state index in [1.54, 1.807) is 10.8 Å². The molecule has 0 fully saturated rings. The van der Waals surface area contributed by atoms with Gasteiger partial charge in [0.15, 0.2) is 16.3 Å². The average Bonchev–Trinajstić information content (AvgIpc) is 3.47. The van der Waals surface area contributed by atoms with Gasteiger partial charge in [0, 0.05) is 12.4 Å². The van der Waals surface area contributed by atoms with Gasteiger partial charge in [-0.1, -0.05) is 72.4 Å². The lowest BCUT2D eigenvalue weighted by molar-refractivity contribution is 0.584. The lowest BCUT2D eigenvalue weighted by Crippen LogP contribution is -2.29. The second-order valence-electron chi connectivity index (χ2n) is 8.36. The molecule has 0 bridgehead atoms. The first-order valence-corrected chi connectivity index (χ1v) is 12.2. The highest BCUT2D eigenvalue weighted by atomic mass is 32.2. The molecule has 0 spiro atoms. The van der Waals surface area contributed by atoms with E-state index in [1.807, 2.05) is 48.5 Å². The van der Waals surface area contributed by atoms with Crippen molar-refractivity contribution in [3.63, 3.8) is 0 Å². The summed E-state index contributed by atoms with van der Waals surface area (Å²) in [7, 11) is 0. The van der Waals surface area contributed by atoms with Crippen molar-refractivity contribution >= 4 is 34.0 Å². The fourth-order valence-electron chi connectivity index (χ4n) is 4.85. The van der Waals surface area contributed by atoms with Crippen LogP contribution in [0.4, 0.5) is 0 Å². The Morgan fingerprint density at radius 1 is 0.829 bits per heavy atom. The highest BCUT2D eigenvalue weighted by Gasteiger charge is 2.32. The Bertz CT molecular complexity index is 1730. The maximum absolute atomic E-state index is 13.9. The van der Waals surface area contributed by atoms with Gasteiger partial charge in [0.2, 0.25) is 0 Å². The number of nitrogens with zero attached hydrogens (tertiary/aromatic N) is 5. The summed E-state index contributed by atoms with van der Waals surface area (Å²) in [6.07, 6.45) is 3.10. The summed E-state index contributed by atoms with van der Waals surface area (Å²) in [4.78, 5) is 35.4. The zero-order valence-corrected chi connectivity index (χ0v) is 19.2. The highest BCUT2D eigenvalue weighted by Crippen LogP contribution is 2.45. The molecule has 7 rings (SSSR count). The fraction of sp³-hybridized carbons (Fsp3) is 0.0741. The molecule has 3 heterocycles. The van der Waals surface area contributed by atoms with Crippen LogP contribution in [-0.2, 0) is 5.75 Å². The summed E-state index contributed by atoms with van der Waals surface area (Å²) >= 11 is 1.47. The number of H-pyrrole nitrogens is 1. The van der Waals surface area contributed by atoms with Gasteiger partial charge in [-0.05, 0) is 34.4 Å². The number of hydrogen-bond acceptors (Lipinski definition) is 6. The summed E-state index contributed by atoms with van der Waals surface area (Å²) < 4.78 is 1.77. The molecule has 1 aliphatic rings. The van der Waals surface area contributed by atoms with Crippen LogP contribution in [0.2, 0.25) is 0 Å². The van der Waals surface area contributed by atoms with Gasteiger partial charge in [0.25, 0.3) is 5.56 Å². The number of imidazole rings is 1. The van der Waals surface area contributed by atoms with E-state index in [0.717, 1.165) is 39.1 Å². The minimum atomic E-state index is -0.299. The van der Waals surface area contributed by atoms with Gasteiger partial charge in [-0.25, -0.2) is 19.9 Å². The van der Waals surface area contributed by atoms with Crippen LogP contribution >= 0.6 is 11.8 Å². The van der Waals surface area contributed by atoms with Crippen LogP contribution in [-0.4, -0.2) is 29.5 Å². The molecule has 0 saturated heterocycles. The third kappa shape index (κ3) is 3.18. The minimum Gasteiger partial charge on any atom is -0.341 e. The number of para-hydroxylation sites is 2. The molecule has 7 nitrogen and oxygen atoms in total. The maximum atomic E-state index is 13.9. The molecule has 0 atom stereocenters. The Morgan fingerprint density at radius 3 is 2.29 bits per heavy atom. The third-order valence-corrected chi connectivity index (χ3v) is 7.31. The Labute approximate surface area is 203 Å². The topological polar surface area (TPSA) is 89.3 Å². The zero-order valence-electron chi connectivity index (χ0n) is 18.4. The van der Waals surface area contributed by atoms with Crippen LogP contribution in [0.25, 0.3) is 33.3 Å². The van der Waals surface area contributed by atoms with E-state index in [0.29, 0.717) is 16.6 Å². The Kier molecular flexibility index (Phi) is 4.53. The van der Waals surface area contributed by atoms with Crippen molar-refractivity contribution in [2.75, 3.05) is 0 Å². The van der Waals surface area contributed by atoms with Crippen molar-refractivity contribution in [3.8, 4) is 11.1 Å². The molecule has 6 aromatic rings. The van der Waals surface area contributed by atoms with Gasteiger partial charge in [-0.15, -0.1) is 0 Å². The van der Waals surface area contributed by atoms with E-state index in [-0.39, 0.29) is 17.1 Å². The van der Waals surface area contributed by atoms with Gasteiger partial charge < -0.3 is 4.98 Å². The van der Waals surface area contributed by atoms with Crippen molar-refractivity contribution < 1.29 is 0 Å². The Hall–Kier alpha value is -4.30. The molecule has 3 aromatic heterocycles. The summed E-state index contributed by atoms with van der Waals surface area (Å²) in [5.74, 6) is 1.35. The van der Waals surface area contributed by atoms with Crippen LogP contribution in [0.1, 0.15) is 23.0 Å². The van der Waals surface area contributed by atoms with Gasteiger partial charge in [0.05, 0.1) is 22.8 Å². The number of aromatic nitrogens is 6. The van der Waals surface area contributed by atoms with E-state index in [9.17, 15) is 4.79 Å². The number of thioether (sulfide) groups is 1. The molecule has 0 aliphatic heterocycles. The van der Waals surface area contributed by atoms with Crippen molar-refractivity contribution in [3.05, 3.63) is 112 Å². The number of nitrogens with one attached hydrogen (secondary N) is 1. The monoisotopic (exact) mass is 474 g/mol. The summed E-state index contributed by atoms with van der Waals surface area (Å²) in [5, 5.41) is 0.583. The number of benzene rings is 3. The molecule has 0 unspecified atom stereocenters. The molecule has 0 amide bonds. The molecular weight excluding hydrogens is 456 g/mol. The second kappa shape index (κ2) is 7.89. The van der Waals surface area contributed by atoms with E-state index in [2.05, 4.69) is 39.2 Å². The van der Waals surface area contributed by atoms with Gasteiger partial charge >= 0.3 is 0 Å². The van der Waals surface area contributed by atoms with Crippen molar-refractivity contribution in [1.82, 2.24) is 29.5 Å². The summed E-state index contributed by atoms with van der Waals surface area (Å²) in [6, 6.07) is 24.1. The Balaban J connectivity index is 1.41. The first-order chi connectivity index (χ1) is 17.3. The standard InChI is InChI=1S/C27H18N6OS/c34-26-23-25(29-14-13-28-23)32-27(35-15-22-30-20-11-5-6-12-21(20)31-22)33(26)24-18-9-3-1-7-16(18)17-8-2-4-10-19(17)24/h1-14,24H,15H2,(H,30,31). The molecule has 0 saturated carbocycles. The zero-order chi connectivity index (χ0) is 23.4. The molecule has 35 heavy (non-hydrogen) atoms. The van der Waals surface area contributed by atoms with Gasteiger partial charge in [-0.3, -0.25) is 9.36 Å². The molecule has 1 aliphatic carbocycles. The van der Waals surface area contributed by atoms with E-state index >= 15 is 0 Å². The van der Waals surface area contributed by atoms with Crippen molar-refractivity contribution in [2.24, 2.45) is 0 Å². The van der Waals surface area contributed by atoms with Crippen LogP contribution in [0.5, 0.6) is 0 Å². The first-order valence-electron chi connectivity index (χ1n) is 11.3. The third-order valence-electron chi connectivity index (χ3n) is 6.34. The SMILES string of the molecule is O=c1c2nccnc2nc(SCc2nc3ccccc3[nH]2)n1C1c2ccccc2-c2ccccc21. The molecule has 3 aromatic carbocycles. The highest BCUT2D eigenvalue weighted by molar-refractivity contribution is 7.98. The molecule has 8 heteroatoms. The van der Waals surface area contributed by atoms with Crippen LogP contribution in [0, 0.1) is 0 Å². The van der Waals surface area contributed by atoms with Crippen molar-refractivity contribution in [2.45, 2.75) is 17.0 Å². The lowest BCUT2D eigenvalue weighted by Gasteiger charge is -2.20. The average molecular weight is 475 g/mol. The van der Waals surface area contributed by atoms with E-state index in [1.165, 1.54) is 18.0 Å². The van der Waals surface area contributed by atoms with Gasteiger partial charge in [0.1, 0.15) is 5.82 Å². The predicted molar refractivity (Wildman–Crippen MR) is 136 cm³/mol. The van der Waals surface area contributed by atoms with Gasteiger partial charge in [-0.2, -0.15) is 0 Å². The van der Waals surface area contributed by atoms with Crippen LogP contribution < -0.4 is 5.56 Å². The lowest BCUT2D eigenvalue weighted by atomic mass is 10.1. The summed E-state index contributed by atoms with van der Waals surface area (Å²) in [6.45, 7) is 0. The maximum Gasteiger partial charge on any atom is 0.283 e. The number of aromatic amines is 1. The molecule has 0 radical (unpaired) electrons. The smallest absolute Gasteiger partial charge is 0.283 e. The fourth-order valence-corrected chi connectivity index (χ4v) is 5.73. The van der Waals surface area contributed by atoms with E-state index < -0.39 is 0 Å². The Morgan fingerprint density at radius 2 is 1.51 bits per heavy atom. The first kappa shape index (κ1) is 20.1. The van der Waals surface area contributed by atoms with Crippen LogP contribution in [0.15, 0.2) is 95.1 Å². The minimum absolute atomic E-state index is 0.202. The molecule has 168 valence electrons. The number of rotatable bonds is 4. The summed E-state index contributed by atoms with van der Waals surface area (Å²) in [5.41, 5.74) is 6.72. The number of fused-ring (bicyclic) bond motifs is 5. The quantitative estimate of drug-likeness (QED) is 0.286.